The summed E-state index contributed by atoms with van der Waals surface area (Å²) in [6.07, 6.45) is 6.66. The molecule has 1 saturated heterocycles. The van der Waals surface area contributed by atoms with E-state index in [0.717, 1.165) is 72.4 Å². The first kappa shape index (κ1) is 20.3. The predicted octanol–water partition coefficient (Wildman–Crippen LogP) is 2.99. The molecule has 0 unspecified atom stereocenters. The Morgan fingerprint density at radius 3 is 2.79 bits per heavy atom. The summed E-state index contributed by atoms with van der Waals surface area (Å²) < 4.78 is 0. The quantitative estimate of drug-likeness (QED) is 0.407. The number of aromatic nitrogens is 5. The van der Waals surface area contributed by atoms with Gasteiger partial charge in [0.15, 0.2) is 0 Å². The highest BCUT2D eigenvalue weighted by Gasteiger charge is 2.21. The lowest BCUT2D eigenvalue weighted by Crippen LogP contribution is -2.42. The predicted molar refractivity (Wildman–Crippen MR) is 129 cm³/mol. The Labute approximate surface area is 192 Å². The van der Waals surface area contributed by atoms with E-state index in [1.54, 1.807) is 6.33 Å². The molecule has 4 heterocycles. The molecule has 2 fully saturated rings. The van der Waals surface area contributed by atoms with Gasteiger partial charge in [0.2, 0.25) is 0 Å². The number of aromatic amines is 1. The zero-order valence-corrected chi connectivity index (χ0v) is 18.6. The highest BCUT2D eigenvalue weighted by molar-refractivity contribution is 5.81. The first-order valence-electron chi connectivity index (χ1n) is 11.7. The van der Waals surface area contributed by atoms with Gasteiger partial charge in [-0.15, -0.1) is 0 Å². The Hall–Kier alpha value is -3.36. The molecule has 1 aliphatic heterocycles. The Morgan fingerprint density at radius 1 is 1.00 bits per heavy atom. The molecule has 3 N–H and O–H groups in total. The summed E-state index contributed by atoms with van der Waals surface area (Å²) in [4.78, 5) is 24.2. The maximum absolute atomic E-state index is 4.79. The molecule has 1 saturated carbocycles. The first-order chi connectivity index (χ1) is 16.3. The summed E-state index contributed by atoms with van der Waals surface area (Å²) in [6, 6.07) is 13.1. The van der Waals surface area contributed by atoms with Crippen LogP contribution >= 0.6 is 0 Å². The molecule has 2 aliphatic rings. The fourth-order valence-electron chi connectivity index (χ4n) is 4.36. The minimum absolute atomic E-state index is 0.564. The molecule has 1 aromatic carbocycles. The number of nitrogens with one attached hydrogen (secondary N) is 3. The van der Waals surface area contributed by atoms with Crippen LogP contribution in [0.5, 0.6) is 0 Å². The van der Waals surface area contributed by atoms with Crippen molar-refractivity contribution in [2.75, 3.05) is 31.5 Å². The minimum Gasteiger partial charge on any atom is -0.367 e. The number of piperazine rings is 1. The summed E-state index contributed by atoms with van der Waals surface area (Å²) >= 11 is 0. The van der Waals surface area contributed by atoms with Crippen LogP contribution in [0.4, 0.5) is 5.82 Å². The van der Waals surface area contributed by atoms with Gasteiger partial charge in [-0.25, -0.2) is 15.0 Å². The first-order valence-corrected chi connectivity index (χ1v) is 11.7. The summed E-state index contributed by atoms with van der Waals surface area (Å²) in [5.41, 5.74) is 6.27. The molecule has 1 aliphatic carbocycles. The van der Waals surface area contributed by atoms with Crippen LogP contribution in [0.15, 0.2) is 48.9 Å². The van der Waals surface area contributed by atoms with Crippen LogP contribution in [0.2, 0.25) is 0 Å². The zero-order valence-electron chi connectivity index (χ0n) is 18.6. The number of fused-ring (bicyclic) bond motifs is 1. The monoisotopic (exact) mass is 440 g/mol. The van der Waals surface area contributed by atoms with E-state index in [-0.39, 0.29) is 0 Å². The highest BCUT2D eigenvalue weighted by atomic mass is 15.2. The van der Waals surface area contributed by atoms with Crippen molar-refractivity contribution < 1.29 is 0 Å². The molecule has 3 aromatic heterocycles. The lowest BCUT2D eigenvalue weighted by molar-refractivity contribution is 0.233. The molecule has 8 heteroatoms. The molecule has 168 valence electrons. The van der Waals surface area contributed by atoms with E-state index in [1.807, 2.05) is 12.3 Å². The highest BCUT2D eigenvalue weighted by Crippen LogP contribution is 2.27. The maximum atomic E-state index is 4.79. The van der Waals surface area contributed by atoms with Gasteiger partial charge in [0, 0.05) is 68.7 Å². The Bertz CT molecular complexity index is 1260. The van der Waals surface area contributed by atoms with Crippen molar-refractivity contribution in [3.63, 3.8) is 0 Å². The summed E-state index contributed by atoms with van der Waals surface area (Å²) in [6.45, 7) is 5.28. The van der Waals surface area contributed by atoms with Crippen molar-refractivity contribution in [2.45, 2.75) is 31.8 Å². The fraction of sp³-hybridized carbons (Fsp3) is 0.360. The van der Waals surface area contributed by atoms with Crippen LogP contribution in [0, 0.1) is 0 Å². The van der Waals surface area contributed by atoms with Crippen molar-refractivity contribution in [3.8, 4) is 11.3 Å². The van der Waals surface area contributed by atoms with Gasteiger partial charge in [-0.2, -0.15) is 0 Å². The number of anilines is 1. The molecule has 4 aromatic rings. The van der Waals surface area contributed by atoms with E-state index in [9.17, 15) is 0 Å². The number of pyridine rings is 1. The van der Waals surface area contributed by atoms with Crippen molar-refractivity contribution >= 4 is 16.9 Å². The van der Waals surface area contributed by atoms with Crippen molar-refractivity contribution in [2.24, 2.45) is 0 Å². The third-order valence-corrected chi connectivity index (χ3v) is 6.27. The normalized spacial score (nSPS) is 16.8. The number of benzene rings is 1. The van der Waals surface area contributed by atoms with E-state index in [2.05, 4.69) is 65.8 Å². The molecular formula is C25H28N8. The summed E-state index contributed by atoms with van der Waals surface area (Å²) in [5, 5.41) is 6.85. The topological polar surface area (TPSA) is 94.6 Å². The second-order valence-electron chi connectivity index (χ2n) is 8.98. The largest absolute Gasteiger partial charge is 0.367 e. The van der Waals surface area contributed by atoms with Gasteiger partial charge in [0.05, 0.1) is 16.7 Å². The number of hydrogen-bond donors (Lipinski definition) is 3. The van der Waals surface area contributed by atoms with Crippen LogP contribution < -0.4 is 10.6 Å². The SMILES string of the molecule is c1cc(CN2CCNCC2)cc(Cc2nc3ccc(-c4cc(NC5CC5)ncn4)cc3[nH]2)n1. The summed E-state index contributed by atoms with van der Waals surface area (Å²) in [7, 11) is 0. The molecular weight excluding hydrogens is 412 g/mol. The van der Waals surface area contributed by atoms with E-state index in [0.29, 0.717) is 12.5 Å². The van der Waals surface area contributed by atoms with Gasteiger partial charge >= 0.3 is 0 Å². The summed E-state index contributed by atoms with van der Waals surface area (Å²) in [5.74, 6) is 1.81. The Morgan fingerprint density at radius 2 is 1.91 bits per heavy atom. The number of imidazole rings is 1. The van der Waals surface area contributed by atoms with Crippen LogP contribution in [0.3, 0.4) is 0 Å². The van der Waals surface area contributed by atoms with Crippen LogP contribution in [-0.2, 0) is 13.0 Å². The van der Waals surface area contributed by atoms with Gasteiger partial charge in [0.25, 0.3) is 0 Å². The second-order valence-corrected chi connectivity index (χ2v) is 8.98. The third-order valence-electron chi connectivity index (χ3n) is 6.27. The zero-order chi connectivity index (χ0) is 22.0. The fourth-order valence-corrected chi connectivity index (χ4v) is 4.36. The van der Waals surface area contributed by atoms with Crippen LogP contribution in [0.25, 0.3) is 22.3 Å². The Kier molecular flexibility index (Phi) is 5.45. The van der Waals surface area contributed by atoms with Crippen LogP contribution in [0.1, 0.15) is 29.9 Å². The van der Waals surface area contributed by atoms with Gasteiger partial charge in [-0.1, -0.05) is 6.07 Å². The lowest BCUT2D eigenvalue weighted by atomic mass is 10.1. The van der Waals surface area contributed by atoms with E-state index in [1.165, 1.54) is 18.4 Å². The average molecular weight is 441 g/mol. The van der Waals surface area contributed by atoms with Crippen molar-refractivity contribution in [3.05, 3.63) is 66.0 Å². The average Bonchev–Trinajstić information content (AvgIpc) is 3.56. The molecule has 0 atom stereocenters. The van der Waals surface area contributed by atoms with E-state index >= 15 is 0 Å². The van der Waals surface area contributed by atoms with Crippen molar-refractivity contribution in [1.29, 1.82) is 0 Å². The minimum atomic E-state index is 0.564. The van der Waals surface area contributed by atoms with Gasteiger partial charge in [0.1, 0.15) is 18.0 Å². The molecule has 0 amide bonds. The van der Waals surface area contributed by atoms with E-state index in [4.69, 9.17) is 4.98 Å². The number of hydrogen-bond acceptors (Lipinski definition) is 7. The van der Waals surface area contributed by atoms with E-state index < -0.39 is 0 Å². The van der Waals surface area contributed by atoms with Gasteiger partial charge < -0.3 is 15.6 Å². The van der Waals surface area contributed by atoms with Gasteiger partial charge in [-0.3, -0.25) is 9.88 Å². The molecule has 0 radical (unpaired) electrons. The molecule has 8 nitrogen and oxygen atoms in total. The molecule has 0 spiro atoms. The lowest BCUT2D eigenvalue weighted by Gasteiger charge is -2.27. The molecule has 33 heavy (non-hydrogen) atoms. The maximum Gasteiger partial charge on any atom is 0.130 e. The smallest absolute Gasteiger partial charge is 0.130 e. The van der Waals surface area contributed by atoms with Gasteiger partial charge in [-0.05, 0) is 42.7 Å². The standard InChI is InChI=1S/C25H28N8/c1-4-21-23(12-18(1)22-14-24(29-16-28-22)30-19-2-3-19)32-25(31-21)13-20-11-17(5-6-27-20)15-33-9-7-26-8-10-33/h1,4-6,11-12,14,16,19,26H,2-3,7-10,13,15H2,(H,31,32)(H,28,29,30). The molecule has 6 rings (SSSR count). The number of rotatable bonds is 7. The number of nitrogens with zero attached hydrogens (tertiary/aromatic N) is 5. The number of H-pyrrole nitrogens is 1. The second kappa shape index (κ2) is 8.88. The van der Waals surface area contributed by atoms with Crippen LogP contribution in [-0.4, -0.2) is 62.0 Å². The third kappa shape index (κ3) is 4.86. The Balaban J connectivity index is 1.19. The molecule has 0 bridgehead atoms. The van der Waals surface area contributed by atoms with Crippen molar-refractivity contribution in [1.82, 2.24) is 35.1 Å².